The molecule has 0 aliphatic rings. The quantitative estimate of drug-likeness (QED) is 0.675. The molecule has 5 heteroatoms. The third-order valence-electron chi connectivity index (χ3n) is 2.85. The van der Waals surface area contributed by atoms with Crippen LogP contribution in [0.1, 0.15) is 32.8 Å². The number of H-pyrrole nitrogens is 1. The van der Waals surface area contributed by atoms with Crippen molar-refractivity contribution in [2.24, 2.45) is 0 Å². The van der Waals surface area contributed by atoms with Crippen molar-refractivity contribution in [3.05, 3.63) is 42.1 Å². The number of rotatable bonds is 3. The predicted octanol–water partition coefficient (Wildman–Crippen LogP) is 3.34. The number of carbonyl (C=O) groups excluding carboxylic acids is 1. The van der Waals surface area contributed by atoms with E-state index in [1.54, 1.807) is 6.20 Å². The Bertz CT molecular complexity index is 687. The van der Waals surface area contributed by atoms with Crippen LogP contribution >= 0.6 is 0 Å². The standard InChI is InChI=1S/C18H21N3O2/c1-18(2,3)23-17(22)19-12-5-4-6-14-7-9-15(10-8-14)16-11-13-20-21-16/h7-11,13H,5,12H2,1-3H3,(H,19,22)(H,20,21). The summed E-state index contributed by atoms with van der Waals surface area (Å²) in [5, 5.41) is 9.53. The average Bonchev–Trinajstić information content (AvgIpc) is 3.00. The molecule has 1 heterocycles. The van der Waals surface area contributed by atoms with Crippen LogP contribution < -0.4 is 5.32 Å². The molecule has 2 aromatic rings. The van der Waals surface area contributed by atoms with E-state index in [9.17, 15) is 4.79 Å². The molecule has 1 aromatic heterocycles. The lowest BCUT2D eigenvalue weighted by Crippen LogP contribution is -2.32. The number of nitrogens with zero attached hydrogens (tertiary/aromatic N) is 1. The summed E-state index contributed by atoms with van der Waals surface area (Å²) in [6, 6.07) is 9.84. The smallest absolute Gasteiger partial charge is 0.407 e. The highest BCUT2D eigenvalue weighted by molar-refractivity contribution is 5.67. The molecule has 0 saturated carbocycles. The minimum atomic E-state index is -0.480. The summed E-state index contributed by atoms with van der Waals surface area (Å²) in [7, 11) is 0. The maximum atomic E-state index is 11.5. The van der Waals surface area contributed by atoms with E-state index in [1.165, 1.54) is 0 Å². The molecule has 2 rings (SSSR count). The number of ether oxygens (including phenoxy) is 1. The van der Waals surface area contributed by atoms with Gasteiger partial charge in [0, 0.05) is 24.7 Å². The molecular weight excluding hydrogens is 290 g/mol. The predicted molar refractivity (Wildman–Crippen MR) is 89.8 cm³/mol. The van der Waals surface area contributed by atoms with E-state index in [1.807, 2.05) is 51.1 Å². The van der Waals surface area contributed by atoms with Gasteiger partial charge < -0.3 is 10.1 Å². The zero-order valence-corrected chi connectivity index (χ0v) is 13.6. The number of benzene rings is 1. The van der Waals surface area contributed by atoms with E-state index in [-0.39, 0.29) is 0 Å². The lowest BCUT2D eigenvalue weighted by Gasteiger charge is -2.19. The van der Waals surface area contributed by atoms with Crippen LogP contribution in [0.5, 0.6) is 0 Å². The van der Waals surface area contributed by atoms with Gasteiger partial charge in [-0.3, -0.25) is 5.10 Å². The lowest BCUT2D eigenvalue weighted by molar-refractivity contribution is 0.0529. The van der Waals surface area contributed by atoms with Crippen molar-refractivity contribution in [2.45, 2.75) is 32.8 Å². The van der Waals surface area contributed by atoms with E-state index >= 15 is 0 Å². The fourth-order valence-electron chi connectivity index (χ4n) is 1.86. The first-order valence-corrected chi connectivity index (χ1v) is 7.49. The molecule has 23 heavy (non-hydrogen) atoms. The van der Waals surface area contributed by atoms with Crippen LogP contribution in [-0.4, -0.2) is 28.4 Å². The zero-order chi connectivity index (χ0) is 16.7. The van der Waals surface area contributed by atoms with Gasteiger partial charge in [-0.25, -0.2) is 4.79 Å². The second-order valence-electron chi connectivity index (χ2n) is 6.03. The van der Waals surface area contributed by atoms with Gasteiger partial charge in [-0.2, -0.15) is 5.10 Å². The Morgan fingerprint density at radius 1 is 1.26 bits per heavy atom. The van der Waals surface area contributed by atoms with Gasteiger partial charge in [-0.1, -0.05) is 24.0 Å². The molecule has 2 N–H and O–H groups in total. The second kappa shape index (κ2) is 7.50. The minimum absolute atomic E-state index is 0.414. The molecule has 0 fully saturated rings. The number of alkyl carbamates (subject to hydrolysis) is 1. The molecule has 0 saturated heterocycles. The summed E-state index contributed by atoms with van der Waals surface area (Å²) in [4.78, 5) is 11.5. The Morgan fingerprint density at radius 2 is 2.00 bits per heavy atom. The van der Waals surface area contributed by atoms with Crippen LogP contribution in [0.25, 0.3) is 11.3 Å². The summed E-state index contributed by atoms with van der Waals surface area (Å²) in [5.74, 6) is 6.10. The number of nitrogens with one attached hydrogen (secondary N) is 2. The van der Waals surface area contributed by atoms with Gasteiger partial charge in [0.05, 0.1) is 5.69 Å². The number of hydrogen-bond acceptors (Lipinski definition) is 3. The normalized spacial score (nSPS) is 10.6. The van der Waals surface area contributed by atoms with Crippen molar-refractivity contribution >= 4 is 6.09 Å². The zero-order valence-electron chi connectivity index (χ0n) is 13.6. The molecule has 0 unspecified atom stereocenters. The van der Waals surface area contributed by atoms with Crippen molar-refractivity contribution in [3.63, 3.8) is 0 Å². The first-order valence-electron chi connectivity index (χ1n) is 7.49. The lowest BCUT2D eigenvalue weighted by atomic mass is 10.1. The van der Waals surface area contributed by atoms with E-state index in [0.29, 0.717) is 13.0 Å². The summed E-state index contributed by atoms with van der Waals surface area (Å²) in [5.41, 5.74) is 2.50. The SMILES string of the molecule is CC(C)(C)OC(=O)NCCC#Cc1ccc(-c2ccn[nH]2)cc1. The first-order chi connectivity index (χ1) is 10.9. The first kappa shape index (κ1) is 16.6. The Kier molecular flexibility index (Phi) is 5.42. The number of amides is 1. The fourth-order valence-corrected chi connectivity index (χ4v) is 1.86. The van der Waals surface area contributed by atoms with Gasteiger partial charge in [0.15, 0.2) is 0 Å². The van der Waals surface area contributed by atoms with Crippen LogP contribution in [-0.2, 0) is 4.74 Å². The maximum Gasteiger partial charge on any atom is 0.407 e. The fraction of sp³-hybridized carbons (Fsp3) is 0.333. The molecule has 0 bridgehead atoms. The molecule has 120 valence electrons. The number of hydrogen-bond donors (Lipinski definition) is 2. The molecule has 1 aromatic carbocycles. The van der Waals surface area contributed by atoms with Crippen molar-refractivity contribution in [2.75, 3.05) is 6.54 Å². The minimum Gasteiger partial charge on any atom is -0.444 e. The summed E-state index contributed by atoms with van der Waals surface area (Å²) >= 11 is 0. The van der Waals surface area contributed by atoms with Gasteiger partial charge in [0.2, 0.25) is 0 Å². The summed E-state index contributed by atoms with van der Waals surface area (Å²) in [6.07, 6.45) is 1.88. The largest absolute Gasteiger partial charge is 0.444 e. The molecule has 0 aliphatic carbocycles. The molecule has 5 nitrogen and oxygen atoms in total. The van der Waals surface area contributed by atoms with Crippen LogP contribution in [0.15, 0.2) is 36.5 Å². The van der Waals surface area contributed by atoms with E-state index in [2.05, 4.69) is 27.4 Å². The Labute approximate surface area is 136 Å². The van der Waals surface area contributed by atoms with Crippen LogP contribution in [0.3, 0.4) is 0 Å². The summed E-state index contributed by atoms with van der Waals surface area (Å²) < 4.78 is 5.14. The maximum absolute atomic E-state index is 11.5. The Morgan fingerprint density at radius 3 is 2.61 bits per heavy atom. The Hall–Kier alpha value is -2.74. The molecule has 0 radical (unpaired) electrons. The van der Waals surface area contributed by atoms with Crippen LogP contribution in [0, 0.1) is 11.8 Å². The number of carbonyl (C=O) groups is 1. The third-order valence-corrected chi connectivity index (χ3v) is 2.85. The van der Waals surface area contributed by atoms with Gasteiger partial charge in [-0.05, 0) is 44.5 Å². The monoisotopic (exact) mass is 311 g/mol. The highest BCUT2D eigenvalue weighted by atomic mass is 16.6. The molecule has 0 aliphatic heterocycles. The molecular formula is C18H21N3O2. The highest BCUT2D eigenvalue weighted by Gasteiger charge is 2.15. The Balaban J connectivity index is 1.78. The topological polar surface area (TPSA) is 67.0 Å². The van der Waals surface area contributed by atoms with Crippen molar-refractivity contribution in [1.82, 2.24) is 15.5 Å². The van der Waals surface area contributed by atoms with Crippen LogP contribution in [0.2, 0.25) is 0 Å². The van der Waals surface area contributed by atoms with Crippen LogP contribution in [0.4, 0.5) is 4.79 Å². The van der Waals surface area contributed by atoms with E-state index in [0.717, 1.165) is 16.8 Å². The van der Waals surface area contributed by atoms with Crippen molar-refractivity contribution in [1.29, 1.82) is 0 Å². The third kappa shape index (κ3) is 5.87. The molecule has 0 spiro atoms. The number of aromatic amines is 1. The van der Waals surface area contributed by atoms with Gasteiger partial charge in [0.25, 0.3) is 0 Å². The van der Waals surface area contributed by atoms with Gasteiger partial charge in [0.1, 0.15) is 5.60 Å². The average molecular weight is 311 g/mol. The molecule has 0 atom stereocenters. The molecule has 1 amide bonds. The van der Waals surface area contributed by atoms with Gasteiger partial charge >= 0.3 is 6.09 Å². The van der Waals surface area contributed by atoms with E-state index in [4.69, 9.17) is 4.74 Å². The summed E-state index contributed by atoms with van der Waals surface area (Å²) in [6.45, 7) is 5.96. The van der Waals surface area contributed by atoms with Gasteiger partial charge in [-0.15, -0.1) is 0 Å². The highest BCUT2D eigenvalue weighted by Crippen LogP contribution is 2.16. The van der Waals surface area contributed by atoms with Crippen molar-refractivity contribution in [3.8, 4) is 23.1 Å². The second-order valence-corrected chi connectivity index (χ2v) is 6.03. The van der Waals surface area contributed by atoms with E-state index < -0.39 is 11.7 Å². The number of aromatic nitrogens is 2. The van der Waals surface area contributed by atoms with Crippen molar-refractivity contribution < 1.29 is 9.53 Å².